The zero-order chi connectivity index (χ0) is 15.4. The molecule has 0 amide bonds. The second-order valence-corrected chi connectivity index (χ2v) is 6.62. The standard InChI is InChI=1S/C18H26N4/c1-15(2)22-12-9-20-18(22)14-21-10-5-17(6-11-21)13-16-3-7-19-8-4-16/h3-4,7-9,12,15,17H,5-6,10-11,13-14H2,1-2H3. The SMILES string of the molecule is CC(C)n1ccnc1CN1CCC(Cc2ccncc2)CC1. The average Bonchev–Trinajstić information content (AvgIpc) is 2.99. The van der Waals surface area contributed by atoms with E-state index in [2.05, 4.69) is 51.6 Å². The van der Waals surface area contributed by atoms with Crippen LogP contribution in [0.1, 0.15) is 44.1 Å². The molecule has 0 atom stereocenters. The van der Waals surface area contributed by atoms with E-state index in [4.69, 9.17) is 0 Å². The van der Waals surface area contributed by atoms with Crippen molar-refractivity contribution in [3.8, 4) is 0 Å². The van der Waals surface area contributed by atoms with Crippen LogP contribution in [0, 0.1) is 5.92 Å². The van der Waals surface area contributed by atoms with Crippen molar-refractivity contribution >= 4 is 0 Å². The Bertz CT molecular complexity index is 568. The monoisotopic (exact) mass is 298 g/mol. The van der Waals surface area contributed by atoms with Gasteiger partial charge in [0.15, 0.2) is 0 Å². The van der Waals surface area contributed by atoms with Gasteiger partial charge < -0.3 is 4.57 Å². The number of rotatable bonds is 5. The zero-order valence-electron chi connectivity index (χ0n) is 13.7. The van der Waals surface area contributed by atoms with Crippen LogP contribution < -0.4 is 0 Å². The van der Waals surface area contributed by atoms with Gasteiger partial charge in [0.05, 0.1) is 6.54 Å². The Morgan fingerprint density at radius 1 is 1.14 bits per heavy atom. The van der Waals surface area contributed by atoms with E-state index in [0.29, 0.717) is 6.04 Å². The molecule has 0 aromatic carbocycles. The van der Waals surface area contributed by atoms with Gasteiger partial charge in [-0.1, -0.05) is 0 Å². The van der Waals surface area contributed by atoms with Crippen molar-refractivity contribution in [3.05, 3.63) is 48.3 Å². The normalized spacial score (nSPS) is 17.2. The Morgan fingerprint density at radius 2 is 1.86 bits per heavy atom. The van der Waals surface area contributed by atoms with Gasteiger partial charge in [-0.05, 0) is 69.8 Å². The molecule has 4 heteroatoms. The van der Waals surface area contributed by atoms with E-state index in [1.165, 1.54) is 43.7 Å². The fourth-order valence-corrected chi connectivity index (χ4v) is 3.34. The summed E-state index contributed by atoms with van der Waals surface area (Å²) in [5.41, 5.74) is 1.42. The van der Waals surface area contributed by atoms with Gasteiger partial charge in [-0.2, -0.15) is 0 Å². The third kappa shape index (κ3) is 3.74. The van der Waals surface area contributed by atoms with Crippen LogP contribution in [-0.2, 0) is 13.0 Å². The predicted molar refractivity (Wildman–Crippen MR) is 88.6 cm³/mol. The zero-order valence-corrected chi connectivity index (χ0v) is 13.7. The van der Waals surface area contributed by atoms with E-state index < -0.39 is 0 Å². The smallest absolute Gasteiger partial charge is 0.123 e. The molecular formula is C18H26N4. The fraction of sp³-hybridized carbons (Fsp3) is 0.556. The molecule has 4 nitrogen and oxygen atoms in total. The minimum absolute atomic E-state index is 0.488. The summed E-state index contributed by atoms with van der Waals surface area (Å²) in [5.74, 6) is 2.01. The number of piperidine rings is 1. The molecule has 1 saturated heterocycles. The van der Waals surface area contributed by atoms with Gasteiger partial charge in [0, 0.05) is 30.8 Å². The first-order chi connectivity index (χ1) is 10.7. The minimum Gasteiger partial charge on any atom is -0.331 e. The lowest BCUT2D eigenvalue weighted by Gasteiger charge is -2.32. The van der Waals surface area contributed by atoms with Crippen molar-refractivity contribution < 1.29 is 0 Å². The molecule has 0 radical (unpaired) electrons. The van der Waals surface area contributed by atoms with Gasteiger partial charge in [-0.15, -0.1) is 0 Å². The van der Waals surface area contributed by atoms with Crippen LogP contribution in [0.15, 0.2) is 36.9 Å². The molecule has 22 heavy (non-hydrogen) atoms. The van der Waals surface area contributed by atoms with E-state index in [1.54, 1.807) is 0 Å². The maximum atomic E-state index is 4.53. The number of imidazole rings is 1. The summed E-state index contributed by atoms with van der Waals surface area (Å²) in [6.45, 7) is 7.77. The summed E-state index contributed by atoms with van der Waals surface area (Å²) in [6, 6.07) is 4.78. The van der Waals surface area contributed by atoms with Gasteiger partial charge in [0.1, 0.15) is 5.82 Å². The third-order valence-corrected chi connectivity index (χ3v) is 4.65. The van der Waals surface area contributed by atoms with Gasteiger partial charge in [0.25, 0.3) is 0 Å². The van der Waals surface area contributed by atoms with Crippen LogP contribution >= 0.6 is 0 Å². The Morgan fingerprint density at radius 3 is 2.55 bits per heavy atom. The predicted octanol–water partition coefficient (Wildman–Crippen LogP) is 3.31. The molecule has 2 aromatic heterocycles. The molecule has 0 N–H and O–H groups in total. The number of hydrogen-bond acceptors (Lipinski definition) is 3. The highest BCUT2D eigenvalue weighted by atomic mass is 15.2. The quantitative estimate of drug-likeness (QED) is 0.849. The molecule has 3 rings (SSSR count). The first-order valence-electron chi connectivity index (χ1n) is 8.35. The minimum atomic E-state index is 0.488. The molecule has 0 bridgehead atoms. The van der Waals surface area contributed by atoms with E-state index in [1.807, 2.05) is 18.6 Å². The highest BCUT2D eigenvalue weighted by Crippen LogP contribution is 2.22. The van der Waals surface area contributed by atoms with Crippen LogP contribution in [0.3, 0.4) is 0 Å². The van der Waals surface area contributed by atoms with Crippen molar-refractivity contribution in [1.82, 2.24) is 19.4 Å². The van der Waals surface area contributed by atoms with Crippen LogP contribution in [0.2, 0.25) is 0 Å². The van der Waals surface area contributed by atoms with Crippen LogP contribution in [-0.4, -0.2) is 32.5 Å². The molecule has 0 saturated carbocycles. The lowest BCUT2D eigenvalue weighted by Crippen LogP contribution is -2.34. The van der Waals surface area contributed by atoms with Gasteiger partial charge >= 0.3 is 0 Å². The van der Waals surface area contributed by atoms with E-state index in [9.17, 15) is 0 Å². The molecule has 118 valence electrons. The van der Waals surface area contributed by atoms with Gasteiger partial charge in [0.2, 0.25) is 0 Å². The molecule has 0 spiro atoms. The molecule has 1 fully saturated rings. The van der Waals surface area contributed by atoms with Crippen molar-refractivity contribution in [3.63, 3.8) is 0 Å². The van der Waals surface area contributed by atoms with Crippen molar-refractivity contribution in [1.29, 1.82) is 0 Å². The summed E-state index contributed by atoms with van der Waals surface area (Å²) >= 11 is 0. The Hall–Kier alpha value is -1.68. The van der Waals surface area contributed by atoms with Crippen LogP contribution in [0.5, 0.6) is 0 Å². The van der Waals surface area contributed by atoms with E-state index in [0.717, 1.165) is 12.5 Å². The maximum Gasteiger partial charge on any atom is 0.123 e. The summed E-state index contributed by atoms with van der Waals surface area (Å²) in [6.07, 6.45) is 11.6. The number of pyridine rings is 1. The van der Waals surface area contributed by atoms with Crippen molar-refractivity contribution in [2.24, 2.45) is 5.92 Å². The van der Waals surface area contributed by atoms with E-state index in [-0.39, 0.29) is 0 Å². The van der Waals surface area contributed by atoms with E-state index >= 15 is 0 Å². The average molecular weight is 298 g/mol. The summed E-state index contributed by atoms with van der Waals surface area (Å²) in [5, 5.41) is 0. The molecule has 2 aromatic rings. The molecule has 0 aliphatic carbocycles. The molecule has 1 aliphatic rings. The largest absolute Gasteiger partial charge is 0.331 e. The number of aromatic nitrogens is 3. The summed E-state index contributed by atoms with van der Waals surface area (Å²) in [4.78, 5) is 11.2. The summed E-state index contributed by atoms with van der Waals surface area (Å²) < 4.78 is 2.28. The summed E-state index contributed by atoms with van der Waals surface area (Å²) in [7, 11) is 0. The highest BCUT2D eigenvalue weighted by Gasteiger charge is 2.21. The third-order valence-electron chi connectivity index (χ3n) is 4.65. The number of nitrogens with zero attached hydrogens (tertiary/aromatic N) is 4. The number of likely N-dealkylation sites (tertiary alicyclic amines) is 1. The second kappa shape index (κ2) is 7.05. The van der Waals surface area contributed by atoms with Crippen LogP contribution in [0.4, 0.5) is 0 Å². The van der Waals surface area contributed by atoms with Gasteiger partial charge in [-0.25, -0.2) is 4.98 Å². The molecule has 1 aliphatic heterocycles. The highest BCUT2D eigenvalue weighted by molar-refractivity contribution is 5.10. The van der Waals surface area contributed by atoms with Crippen LogP contribution in [0.25, 0.3) is 0 Å². The second-order valence-electron chi connectivity index (χ2n) is 6.62. The van der Waals surface area contributed by atoms with Gasteiger partial charge in [-0.3, -0.25) is 9.88 Å². The van der Waals surface area contributed by atoms with Crippen molar-refractivity contribution in [2.75, 3.05) is 13.1 Å². The molecule has 3 heterocycles. The maximum absolute atomic E-state index is 4.53. The Kier molecular flexibility index (Phi) is 4.88. The lowest BCUT2D eigenvalue weighted by atomic mass is 9.90. The Balaban J connectivity index is 1.50. The Labute approximate surface area is 133 Å². The fourth-order valence-electron chi connectivity index (χ4n) is 3.34. The number of hydrogen-bond donors (Lipinski definition) is 0. The first-order valence-corrected chi connectivity index (χ1v) is 8.35. The molecule has 0 unspecified atom stereocenters. The first kappa shape index (κ1) is 15.2. The molecular weight excluding hydrogens is 272 g/mol. The van der Waals surface area contributed by atoms with Crippen molar-refractivity contribution in [2.45, 2.75) is 45.7 Å². The lowest BCUT2D eigenvalue weighted by molar-refractivity contribution is 0.171. The topological polar surface area (TPSA) is 34.0 Å².